The Kier molecular flexibility index (Phi) is 6.37. The second kappa shape index (κ2) is 8.93. The Hall–Kier alpha value is -3.53. The number of nitrogens with one attached hydrogen (secondary N) is 2. The molecule has 7 nitrogen and oxygen atoms in total. The number of carbonyl (C=O) groups is 2. The average Bonchev–Trinajstić information content (AvgIpc) is 2.65. The molecule has 2 amide bonds. The van der Waals surface area contributed by atoms with Crippen LogP contribution in [0.4, 0.5) is 0 Å². The third kappa shape index (κ3) is 5.25. The van der Waals surface area contributed by atoms with Crippen molar-refractivity contribution in [2.45, 2.75) is 6.42 Å². The molecule has 2 aromatic rings. The van der Waals surface area contributed by atoms with E-state index >= 15 is 0 Å². The summed E-state index contributed by atoms with van der Waals surface area (Å²) in [6, 6.07) is 15.7. The molecule has 0 aliphatic heterocycles. The van der Waals surface area contributed by atoms with Gasteiger partial charge in [-0.1, -0.05) is 30.3 Å². The molecule has 0 atom stereocenters. The zero-order chi connectivity index (χ0) is 18.1. The van der Waals surface area contributed by atoms with Gasteiger partial charge in [-0.2, -0.15) is 5.26 Å². The van der Waals surface area contributed by atoms with Crippen molar-refractivity contribution in [2.24, 2.45) is 0 Å². The van der Waals surface area contributed by atoms with Crippen LogP contribution in [0.25, 0.3) is 0 Å². The third-order valence-corrected chi connectivity index (χ3v) is 3.25. The number of hydrazine groups is 1. The molecule has 0 bridgehead atoms. The van der Waals surface area contributed by atoms with Crippen molar-refractivity contribution in [3.63, 3.8) is 0 Å². The summed E-state index contributed by atoms with van der Waals surface area (Å²) in [5.41, 5.74) is 5.60. The molecule has 0 aliphatic rings. The van der Waals surface area contributed by atoms with Crippen molar-refractivity contribution >= 4 is 11.8 Å². The molecule has 2 rings (SSSR count). The van der Waals surface area contributed by atoms with E-state index in [1.165, 1.54) is 7.11 Å². The third-order valence-electron chi connectivity index (χ3n) is 3.25. The van der Waals surface area contributed by atoms with E-state index in [-0.39, 0.29) is 13.0 Å². The van der Waals surface area contributed by atoms with E-state index in [4.69, 9.17) is 14.7 Å². The van der Waals surface area contributed by atoms with Gasteiger partial charge >= 0.3 is 0 Å². The highest BCUT2D eigenvalue weighted by Crippen LogP contribution is 2.17. The fourth-order valence-electron chi connectivity index (χ4n) is 2.07. The zero-order valence-corrected chi connectivity index (χ0v) is 13.6. The predicted molar refractivity (Wildman–Crippen MR) is 89.6 cm³/mol. The van der Waals surface area contributed by atoms with Crippen molar-refractivity contribution in [1.82, 2.24) is 10.9 Å². The average molecular weight is 339 g/mol. The van der Waals surface area contributed by atoms with Gasteiger partial charge in [0.25, 0.3) is 5.91 Å². The maximum absolute atomic E-state index is 11.9. The Labute approximate surface area is 145 Å². The van der Waals surface area contributed by atoms with Gasteiger partial charge in [0.05, 0.1) is 19.1 Å². The van der Waals surface area contributed by atoms with Crippen molar-refractivity contribution in [2.75, 3.05) is 13.7 Å². The summed E-state index contributed by atoms with van der Waals surface area (Å²) in [5.74, 6) is -0.0303. The molecule has 2 N–H and O–H groups in total. The number of nitriles is 1. The largest absolute Gasteiger partial charge is 0.496 e. The molecule has 0 heterocycles. The number of hydrogen-bond acceptors (Lipinski definition) is 5. The molecular weight excluding hydrogens is 322 g/mol. The highest BCUT2D eigenvalue weighted by Gasteiger charge is 2.10. The smallest absolute Gasteiger partial charge is 0.276 e. The second-order valence-corrected chi connectivity index (χ2v) is 4.98. The summed E-state index contributed by atoms with van der Waals surface area (Å²) in [6.07, 6.45) is 0.0580. The van der Waals surface area contributed by atoms with Gasteiger partial charge < -0.3 is 9.47 Å². The molecule has 7 heteroatoms. The van der Waals surface area contributed by atoms with Gasteiger partial charge in [-0.3, -0.25) is 20.4 Å². The SMILES string of the molecule is COc1ccccc1CC(=O)NNC(=O)COc1ccccc1C#N. The van der Waals surface area contributed by atoms with E-state index in [9.17, 15) is 9.59 Å². The molecule has 0 unspecified atom stereocenters. The maximum atomic E-state index is 11.9. The Morgan fingerprint density at radius 2 is 1.64 bits per heavy atom. The van der Waals surface area contributed by atoms with E-state index < -0.39 is 11.8 Å². The van der Waals surface area contributed by atoms with Crippen LogP contribution in [0.5, 0.6) is 11.5 Å². The number of methoxy groups -OCH3 is 1. The lowest BCUT2D eigenvalue weighted by Crippen LogP contribution is -2.44. The van der Waals surface area contributed by atoms with E-state index in [0.717, 1.165) is 0 Å². The highest BCUT2D eigenvalue weighted by atomic mass is 16.5. The van der Waals surface area contributed by atoms with Crippen LogP contribution in [-0.4, -0.2) is 25.5 Å². The van der Waals surface area contributed by atoms with Gasteiger partial charge in [0.2, 0.25) is 5.91 Å². The van der Waals surface area contributed by atoms with E-state index in [0.29, 0.717) is 22.6 Å². The summed E-state index contributed by atoms with van der Waals surface area (Å²) in [7, 11) is 1.52. The molecule has 0 fully saturated rings. The first-order chi connectivity index (χ1) is 12.1. The molecular formula is C18H17N3O4. The fraction of sp³-hybridized carbons (Fsp3) is 0.167. The number of carbonyl (C=O) groups excluding carboxylic acids is 2. The minimum absolute atomic E-state index is 0.0580. The summed E-state index contributed by atoms with van der Waals surface area (Å²) < 4.78 is 10.4. The van der Waals surface area contributed by atoms with Gasteiger partial charge in [-0.15, -0.1) is 0 Å². The Morgan fingerprint density at radius 3 is 2.36 bits per heavy atom. The maximum Gasteiger partial charge on any atom is 0.276 e. The Balaban J connectivity index is 1.80. The van der Waals surface area contributed by atoms with Crippen LogP contribution >= 0.6 is 0 Å². The highest BCUT2D eigenvalue weighted by molar-refractivity contribution is 5.84. The van der Waals surface area contributed by atoms with Crippen LogP contribution in [-0.2, 0) is 16.0 Å². The number of amides is 2. The Bertz CT molecular complexity index is 799. The normalized spacial score (nSPS) is 9.60. The molecule has 0 aliphatic carbocycles. The topological polar surface area (TPSA) is 100 Å². The van der Waals surface area contributed by atoms with Gasteiger partial charge in [-0.05, 0) is 18.2 Å². The number of rotatable bonds is 6. The molecule has 0 saturated heterocycles. The fourth-order valence-corrected chi connectivity index (χ4v) is 2.07. The quantitative estimate of drug-likeness (QED) is 0.774. The van der Waals surface area contributed by atoms with Crippen molar-refractivity contribution in [3.05, 3.63) is 59.7 Å². The van der Waals surface area contributed by atoms with Crippen LogP contribution in [0.3, 0.4) is 0 Å². The molecule has 0 radical (unpaired) electrons. The van der Waals surface area contributed by atoms with E-state index in [1.54, 1.807) is 48.5 Å². The standard InChI is InChI=1S/C18H17N3O4/c1-24-15-8-4-2-6-13(15)10-17(22)20-21-18(23)12-25-16-9-5-3-7-14(16)11-19/h2-9H,10,12H2,1H3,(H,20,22)(H,21,23). The van der Waals surface area contributed by atoms with Crippen LogP contribution in [0.15, 0.2) is 48.5 Å². The molecule has 128 valence electrons. The molecule has 0 saturated carbocycles. The number of nitrogens with zero attached hydrogens (tertiary/aromatic N) is 1. The second-order valence-electron chi connectivity index (χ2n) is 4.98. The van der Waals surface area contributed by atoms with Crippen molar-refractivity contribution < 1.29 is 19.1 Å². The molecule has 0 spiro atoms. The first kappa shape index (κ1) is 17.8. The summed E-state index contributed by atoms with van der Waals surface area (Å²) in [4.78, 5) is 23.6. The minimum Gasteiger partial charge on any atom is -0.496 e. The summed E-state index contributed by atoms with van der Waals surface area (Å²) in [6.45, 7) is -0.326. The first-order valence-corrected chi connectivity index (χ1v) is 7.45. The molecule has 2 aromatic carbocycles. The van der Waals surface area contributed by atoms with Crippen LogP contribution in [0.1, 0.15) is 11.1 Å². The number of benzene rings is 2. The number of para-hydroxylation sites is 2. The predicted octanol–water partition coefficient (Wildman–Crippen LogP) is 1.34. The lowest BCUT2D eigenvalue weighted by atomic mass is 10.1. The summed E-state index contributed by atoms with van der Waals surface area (Å²) in [5, 5.41) is 8.94. The van der Waals surface area contributed by atoms with Crippen molar-refractivity contribution in [3.8, 4) is 17.6 Å². The van der Waals surface area contributed by atoms with Crippen LogP contribution in [0, 0.1) is 11.3 Å². The molecule has 0 aromatic heterocycles. The van der Waals surface area contributed by atoms with Gasteiger partial charge in [0.1, 0.15) is 17.6 Å². The monoisotopic (exact) mass is 339 g/mol. The van der Waals surface area contributed by atoms with Crippen molar-refractivity contribution in [1.29, 1.82) is 5.26 Å². The molecule has 25 heavy (non-hydrogen) atoms. The van der Waals surface area contributed by atoms with Crippen LogP contribution in [0.2, 0.25) is 0 Å². The van der Waals surface area contributed by atoms with Gasteiger partial charge in [-0.25, -0.2) is 0 Å². The lowest BCUT2D eigenvalue weighted by molar-refractivity contribution is -0.129. The Morgan fingerprint density at radius 1 is 1.00 bits per heavy atom. The van der Waals surface area contributed by atoms with Crippen LogP contribution < -0.4 is 20.3 Å². The van der Waals surface area contributed by atoms with Gasteiger partial charge in [0.15, 0.2) is 6.61 Å². The van der Waals surface area contributed by atoms with E-state index in [1.807, 2.05) is 6.07 Å². The zero-order valence-electron chi connectivity index (χ0n) is 13.6. The lowest BCUT2D eigenvalue weighted by Gasteiger charge is -2.11. The van der Waals surface area contributed by atoms with Gasteiger partial charge in [0, 0.05) is 5.56 Å². The number of ether oxygens (including phenoxy) is 2. The first-order valence-electron chi connectivity index (χ1n) is 7.45. The summed E-state index contributed by atoms with van der Waals surface area (Å²) >= 11 is 0. The van der Waals surface area contributed by atoms with E-state index in [2.05, 4.69) is 10.9 Å². The minimum atomic E-state index is -0.541. The number of hydrogen-bond donors (Lipinski definition) is 2.